The summed E-state index contributed by atoms with van der Waals surface area (Å²) in [6, 6.07) is 0. The van der Waals surface area contributed by atoms with Crippen molar-refractivity contribution in [3.63, 3.8) is 0 Å². The molecule has 0 rings (SSSR count). The Kier molecular flexibility index (Phi) is 14.6. The molecule has 0 aliphatic heterocycles. The number of carbonyl (C=O) groups excluding carboxylic acids is 1. The number of hydrogen-bond donors (Lipinski definition) is 1. The molecule has 0 aromatic heterocycles. The highest BCUT2D eigenvalue weighted by molar-refractivity contribution is 5.72. The monoisotopic (exact) mass is 330 g/mol. The van der Waals surface area contributed by atoms with Gasteiger partial charge in [-0.15, -0.1) is 0 Å². The highest BCUT2D eigenvalue weighted by Crippen LogP contribution is 2.15. The molecule has 1 N–H and O–H groups in total. The Balaban J connectivity index is 3.87. The molecule has 0 saturated carbocycles. The van der Waals surface area contributed by atoms with E-state index in [9.17, 15) is 9.90 Å². The van der Waals surface area contributed by atoms with Crippen molar-refractivity contribution in [2.45, 2.75) is 85.2 Å². The predicted molar refractivity (Wildman–Crippen MR) is 94.4 cm³/mol. The van der Waals surface area contributed by atoms with Crippen LogP contribution in [0.15, 0.2) is 0 Å². The molecular formula is C19H38O4. The maximum Gasteiger partial charge on any atom is 0.309 e. The van der Waals surface area contributed by atoms with E-state index >= 15 is 0 Å². The molecule has 23 heavy (non-hydrogen) atoms. The largest absolute Gasteiger partial charge is 0.463 e. The van der Waals surface area contributed by atoms with Gasteiger partial charge < -0.3 is 14.6 Å². The zero-order valence-corrected chi connectivity index (χ0v) is 15.7. The zero-order valence-electron chi connectivity index (χ0n) is 15.7. The molecule has 0 saturated heterocycles. The summed E-state index contributed by atoms with van der Waals surface area (Å²) in [6.45, 7) is 9.43. The second-order valence-corrected chi connectivity index (χ2v) is 6.49. The Morgan fingerprint density at radius 3 is 2.13 bits per heavy atom. The lowest BCUT2D eigenvalue weighted by atomic mass is 10.00. The lowest BCUT2D eigenvalue weighted by molar-refractivity contribution is -0.153. The van der Waals surface area contributed by atoms with Gasteiger partial charge in [-0.25, -0.2) is 0 Å². The van der Waals surface area contributed by atoms with E-state index in [1.54, 1.807) is 0 Å². The molecule has 0 radical (unpaired) electrons. The highest BCUT2D eigenvalue weighted by Gasteiger charge is 2.19. The third-order valence-electron chi connectivity index (χ3n) is 4.36. The average molecular weight is 331 g/mol. The molecule has 0 amide bonds. The number of rotatable bonds is 15. The first-order valence-electron chi connectivity index (χ1n) is 9.51. The molecular weight excluding hydrogens is 292 g/mol. The van der Waals surface area contributed by atoms with Crippen LogP contribution in [0.4, 0.5) is 0 Å². The van der Waals surface area contributed by atoms with E-state index < -0.39 is 6.10 Å². The van der Waals surface area contributed by atoms with E-state index in [0.717, 1.165) is 32.1 Å². The van der Waals surface area contributed by atoms with Crippen molar-refractivity contribution in [3.05, 3.63) is 0 Å². The van der Waals surface area contributed by atoms with Gasteiger partial charge in [0.25, 0.3) is 0 Å². The lowest BCUT2D eigenvalue weighted by Crippen LogP contribution is -2.27. The maximum atomic E-state index is 12.0. The molecule has 3 atom stereocenters. The SMILES string of the molecule is CCCCC(CC)COCC(O)COC(=O)C(CC)CCCC. The summed E-state index contributed by atoms with van der Waals surface area (Å²) in [5.41, 5.74) is 0. The number of aliphatic hydroxyl groups is 1. The van der Waals surface area contributed by atoms with Crippen molar-refractivity contribution >= 4 is 5.97 Å². The molecule has 0 aromatic rings. The van der Waals surface area contributed by atoms with Gasteiger partial charge in [-0.1, -0.05) is 59.8 Å². The fourth-order valence-corrected chi connectivity index (χ4v) is 2.55. The molecule has 0 heterocycles. The lowest BCUT2D eigenvalue weighted by Gasteiger charge is -2.18. The van der Waals surface area contributed by atoms with Gasteiger partial charge in [0.15, 0.2) is 0 Å². The molecule has 0 bridgehead atoms. The van der Waals surface area contributed by atoms with E-state index in [-0.39, 0.29) is 25.1 Å². The van der Waals surface area contributed by atoms with E-state index in [4.69, 9.17) is 9.47 Å². The highest BCUT2D eigenvalue weighted by atomic mass is 16.5. The Morgan fingerprint density at radius 1 is 0.913 bits per heavy atom. The van der Waals surface area contributed by atoms with Gasteiger partial charge in [0, 0.05) is 6.61 Å². The summed E-state index contributed by atoms with van der Waals surface area (Å²) < 4.78 is 10.8. The molecule has 138 valence electrons. The first kappa shape index (κ1) is 22.4. The summed E-state index contributed by atoms with van der Waals surface area (Å²) in [4.78, 5) is 12.0. The quantitative estimate of drug-likeness (QED) is 0.454. The number of ether oxygens (including phenoxy) is 2. The molecule has 3 unspecified atom stereocenters. The van der Waals surface area contributed by atoms with Crippen molar-refractivity contribution in [1.29, 1.82) is 0 Å². The third kappa shape index (κ3) is 11.5. The van der Waals surface area contributed by atoms with Gasteiger partial charge in [0.05, 0.1) is 12.5 Å². The minimum atomic E-state index is -0.730. The number of unbranched alkanes of at least 4 members (excludes halogenated alkanes) is 2. The van der Waals surface area contributed by atoms with Crippen molar-refractivity contribution in [2.75, 3.05) is 19.8 Å². The second kappa shape index (κ2) is 14.9. The summed E-state index contributed by atoms with van der Waals surface area (Å²) in [6.07, 6.45) is 7.74. The van der Waals surface area contributed by atoms with Crippen LogP contribution in [0, 0.1) is 11.8 Å². The van der Waals surface area contributed by atoms with E-state index in [2.05, 4.69) is 20.8 Å². The topological polar surface area (TPSA) is 55.8 Å². The van der Waals surface area contributed by atoms with Crippen molar-refractivity contribution in [2.24, 2.45) is 11.8 Å². The zero-order chi connectivity index (χ0) is 17.5. The van der Waals surface area contributed by atoms with Gasteiger partial charge in [-0.2, -0.15) is 0 Å². The van der Waals surface area contributed by atoms with Gasteiger partial charge >= 0.3 is 5.97 Å². The Hall–Kier alpha value is -0.610. The summed E-state index contributed by atoms with van der Waals surface area (Å²) in [5, 5.41) is 9.89. The number of aliphatic hydroxyl groups excluding tert-OH is 1. The normalized spacial score (nSPS) is 15.2. The van der Waals surface area contributed by atoms with Crippen LogP contribution >= 0.6 is 0 Å². The van der Waals surface area contributed by atoms with Gasteiger partial charge in [0.2, 0.25) is 0 Å². The van der Waals surface area contributed by atoms with Crippen LogP contribution in [0.2, 0.25) is 0 Å². The minimum absolute atomic E-state index is 0.0349. The van der Waals surface area contributed by atoms with Gasteiger partial charge in [0.1, 0.15) is 12.7 Å². The standard InChI is InChI=1S/C19H38O4/c1-5-9-11-16(7-3)13-22-14-18(20)15-23-19(21)17(8-4)12-10-6-2/h16-18,20H,5-15H2,1-4H3. The Bertz CT molecular complexity index is 281. The van der Waals surface area contributed by atoms with Crippen LogP contribution in [-0.2, 0) is 14.3 Å². The van der Waals surface area contributed by atoms with Crippen molar-refractivity contribution < 1.29 is 19.4 Å². The molecule has 4 heteroatoms. The van der Waals surface area contributed by atoms with Crippen LogP contribution in [-0.4, -0.2) is 37.0 Å². The molecule has 0 fully saturated rings. The number of hydrogen-bond acceptors (Lipinski definition) is 4. The maximum absolute atomic E-state index is 12.0. The molecule has 0 spiro atoms. The van der Waals surface area contributed by atoms with Crippen LogP contribution < -0.4 is 0 Å². The molecule has 0 aliphatic carbocycles. The van der Waals surface area contributed by atoms with Crippen molar-refractivity contribution in [3.8, 4) is 0 Å². The summed E-state index contributed by atoms with van der Waals surface area (Å²) >= 11 is 0. The smallest absolute Gasteiger partial charge is 0.309 e. The van der Waals surface area contributed by atoms with Crippen molar-refractivity contribution in [1.82, 2.24) is 0 Å². The van der Waals surface area contributed by atoms with E-state index in [1.165, 1.54) is 19.3 Å². The van der Waals surface area contributed by atoms with Gasteiger partial charge in [-0.05, 0) is 25.2 Å². The van der Waals surface area contributed by atoms with Crippen LogP contribution in [0.25, 0.3) is 0 Å². The fourth-order valence-electron chi connectivity index (χ4n) is 2.55. The third-order valence-corrected chi connectivity index (χ3v) is 4.36. The van der Waals surface area contributed by atoms with E-state index in [1.807, 2.05) is 6.92 Å². The summed E-state index contributed by atoms with van der Waals surface area (Å²) in [5.74, 6) is 0.333. The Labute approximate surface area is 142 Å². The minimum Gasteiger partial charge on any atom is -0.463 e. The first-order valence-corrected chi connectivity index (χ1v) is 9.51. The van der Waals surface area contributed by atoms with E-state index in [0.29, 0.717) is 12.5 Å². The van der Waals surface area contributed by atoms with Crippen LogP contribution in [0.5, 0.6) is 0 Å². The van der Waals surface area contributed by atoms with Gasteiger partial charge in [-0.3, -0.25) is 4.79 Å². The Morgan fingerprint density at radius 2 is 1.57 bits per heavy atom. The first-order chi connectivity index (χ1) is 11.1. The average Bonchev–Trinajstić information content (AvgIpc) is 2.56. The molecule has 4 nitrogen and oxygen atoms in total. The number of esters is 1. The second-order valence-electron chi connectivity index (χ2n) is 6.49. The molecule has 0 aliphatic rings. The number of carbonyl (C=O) groups is 1. The fraction of sp³-hybridized carbons (Fsp3) is 0.947. The van der Waals surface area contributed by atoms with Crippen LogP contribution in [0.1, 0.15) is 79.1 Å². The summed E-state index contributed by atoms with van der Waals surface area (Å²) in [7, 11) is 0. The van der Waals surface area contributed by atoms with Crippen LogP contribution in [0.3, 0.4) is 0 Å². The molecule has 0 aromatic carbocycles. The predicted octanol–water partition coefficient (Wildman–Crippen LogP) is 4.34.